The molecular formula is C59H75NO7. The molecule has 8 nitrogen and oxygen atoms in total. The number of ether oxygens (including phenoxy) is 1. The molecule has 4 aromatic carbocycles. The first-order chi connectivity index (χ1) is 32.4. The highest BCUT2D eigenvalue weighted by molar-refractivity contribution is 5.88. The maximum Gasteiger partial charge on any atom is 0.330 e. The fraction of sp³-hybridized carbons (Fsp3) is 0.441. The molecule has 0 unspecified atom stereocenters. The Kier molecular flexibility index (Phi) is 21.5. The number of benzene rings is 4. The molecule has 358 valence electrons. The van der Waals surface area contributed by atoms with E-state index in [2.05, 4.69) is 30.1 Å². The van der Waals surface area contributed by atoms with Crippen LogP contribution < -0.4 is 0 Å². The summed E-state index contributed by atoms with van der Waals surface area (Å²) in [5, 5.41) is 37.0. The number of phenolic OH excluding ortho intramolecular Hbond substituents is 4. The van der Waals surface area contributed by atoms with Crippen LogP contribution in [-0.4, -0.2) is 51.5 Å². The number of esters is 1. The Morgan fingerprint density at radius 3 is 1.07 bits per heavy atom. The van der Waals surface area contributed by atoms with Crippen molar-refractivity contribution in [1.29, 1.82) is 0 Å². The first-order valence-electron chi connectivity index (χ1n) is 24.8. The lowest BCUT2D eigenvalue weighted by Crippen LogP contribution is -2.12. The van der Waals surface area contributed by atoms with Crippen LogP contribution in [-0.2, 0) is 14.3 Å². The molecule has 67 heavy (non-hydrogen) atoms. The van der Waals surface area contributed by atoms with Crippen molar-refractivity contribution in [2.45, 2.75) is 154 Å². The second-order valence-corrected chi connectivity index (χ2v) is 18.5. The van der Waals surface area contributed by atoms with Crippen molar-refractivity contribution in [2.24, 2.45) is 4.99 Å². The normalized spacial score (nSPS) is 20.2. The number of hydrogen-bond acceptors (Lipinski definition) is 8. The lowest BCUT2D eigenvalue weighted by molar-refractivity contribution is -0.137. The summed E-state index contributed by atoms with van der Waals surface area (Å²) in [5.74, 6) is 3.72. The van der Waals surface area contributed by atoms with E-state index in [1.165, 1.54) is 84.1 Å². The van der Waals surface area contributed by atoms with Crippen LogP contribution in [0.25, 0.3) is 0 Å². The quantitative estimate of drug-likeness (QED) is 0.0785. The molecule has 0 aliphatic heterocycles. The number of carbonyl (C=O) groups is 2. The van der Waals surface area contributed by atoms with Gasteiger partial charge in [0, 0.05) is 18.8 Å². The SMILES string of the molecule is CC(=O)C=C1CCC(c2ccc(O)cc2)CC1.CCC=C1CCC(c2ccc(O)cc2)CC1.CCOC(=O)C=C1CCC(c2ccc(O)cc2)CC1.CN=C1CCC(c2ccc(O)cc2)CC1. The van der Waals surface area contributed by atoms with Crippen LogP contribution in [0.15, 0.2) is 137 Å². The molecule has 4 saturated carbocycles. The minimum Gasteiger partial charge on any atom is -0.508 e. The maximum atomic E-state index is 11.4. The summed E-state index contributed by atoms with van der Waals surface area (Å²) in [4.78, 5) is 26.6. The van der Waals surface area contributed by atoms with Gasteiger partial charge in [0.1, 0.15) is 23.0 Å². The highest BCUT2D eigenvalue weighted by Crippen LogP contribution is 2.38. The zero-order valence-corrected chi connectivity index (χ0v) is 40.5. The van der Waals surface area contributed by atoms with E-state index in [1.807, 2.05) is 50.4 Å². The van der Waals surface area contributed by atoms with E-state index in [0.717, 1.165) is 64.2 Å². The van der Waals surface area contributed by atoms with Crippen LogP contribution >= 0.6 is 0 Å². The fourth-order valence-electron chi connectivity index (χ4n) is 9.88. The van der Waals surface area contributed by atoms with Crippen molar-refractivity contribution in [2.75, 3.05) is 13.7 Å². The molecule has 8 heteroatoms. The number of ketones is 1. The summed E-state index contributed by atoms with van der Waals surface area (Å²) in [6.45, 7) is 6.06. The van der Waals surface area contributed by atoms with Gasteiger partial charge in [-0.3, -0.25) is 9.79 Å². The number of carbonyl (C=O) groups excluding carboxylic acids is 2. The second-order valence-electron chi connectivity index (χ2n) is 18.5. The average molecular weight is 910 g/mol. The van der Waals surface area contributed by atoms with Crippen LogP contribution in [0.2, 0.25) is 0 Å². The number of aliphatic imine (C=N–C) groups is 1. The minimum absolute atomic E-state index is 0.156. The first-order valence-corrected chi connectivity index (χ1v) is 24.8. The Labute approximate surface area is 400 Å². The lowest BCUT2D eigenvalue weighted by atomic mass is 9.81. The van der Waals surface area contributed by atoms with Gasteiger partial charge in [-0.25, -0.2) is 4.79 Å². The number of allylic oxidation sites excluding steroid dienone is 5. The van der Waals surface area contributed by atoms with E-state index in [4.69, 9.17) is 4.74 Å². The highest BCUT2D eigenvalue weighted by Gasteiger charge is 2.21. The third-order valence-corrected chi connectivity index (χ3v) is 13.7. The molecule has 4 fully saturated rings. The van der Waals surface area contributed by atoms with E-state index in [0.29, 0.717) is 53.3 Å². The van der Waals surface area contributed by atoms with E-state index in [-0.39, 0.29) is 11.8 Å². The van der Waals surface area contributed by atoms with Gasteiger partial charge in [0.2, 0.25) is 0 Å². The standard InChI is InChI=1S/C16H20O3.C15H18O2.C15H20O.C13H17NO/c1-2-19-16(18)11-12-3-5-13(6-4-12)14-7-9-15(17)10-8-14;1-11(16)10-12-2-4-13(5-3-12)14-6-8-15(17)9-7-14;1-2-3-12-4-6-13(7-5-12)14-8-10-15(16)11-9-14;1-14-12-6-2-10(3-7-12)11-4-8-13(15)9-5-11/h7-11,13,17H,2-6H2,1H3;6-10,13,17H,2-5H2,1H3;3,8-11,13,16H,2,4-7H2,1H3;4-5,8-10,15H,2-3,6-7H2,1H3. The molecule has 0 saturated heterocycles. The largest absolute Gasteiger partial charge is 0.508 e. The molecule has 4 aromatic rings. The first kappa shape index (κ1) is 52.1. The fourth-order valence-corrected chi connectivity index (χ4v) is 9.88. The number of nitrogens with zero attached hydrogens (tertiary/aromatic N) is 1. The Balaban J connectivity index is 0.000000168. The van der Waals surface area contributed by atoms with E-state index < -0.39 is 0 Å². The van der Waals surface area contributed by atoms with E-state index in [9.17, 15) is 30.0 Å². The average Bonchev–Trinajstić information content (AvgIpc) is 3.34. The van der Waals surface area contributed by atoms with Gasteiger partial charge in [0.05, 0.1) is 6.61 Å². The molecule has 0 amide bonds. The molecule has 0 bridgehead atoms. The summed E-state index contributed by atoms with van der Waals surface area (Å²) < 4.78 is 4.93. The predicted octanol–water partition coefficient (Wildman–Crippen LogP) is 14.6. The Morgan fingerprint density at radius 1 is 0.493 bits per heavy atom. The molecule has 8 rings (SSSR count). The second kappa shape index (κ2) is 27.7. The molecule has 4 aliphatic carbocycles. The summed E-state index contributed by atoms with van der Waals surface area (Å²) in [7, 11) is 1.89. The van der Waals surface area contributed by atoms with Crippen molar-refractivity contribution in [3.63, 3.8) is 0 Å². The van der Waals surface area contributed by atoms with Gasteiger partial charge in [-0.05, 0) is 224 Å². The summed E-state index contributed by atoms with van der Waals surface area (Å²) in [6.07, 6.45) is 24.9. The van der Waals surface area contributed by atoms with E-state index >= 15 is 0 Å². The zero-order valence-electron chi connectivity index (χ0n) is 40.5. The molecule has 0 aromatic heterocycles. The lowest BCUT2D eigenvalue weighted by Gasteiger charge is -2.24. The van der Waals surface area contributed by atoms with E-state index in [1.54, 1.807) is 73.2 Å². The number of phenols is 4. The molecule has 0 radical (unpaired) electrons. The zero-order chi connectivity index (χ0) is 48.0. The van der Waals surface area contributed by atoms with Crippen molar-refractivity contribution >= 4 is 17.5 Å². The van der Waals surface area contributed by atoms with Gasteiger partial charge in [-0.2, -0.15) is 0 Å². The molecule has 0 atom stereocenters. The van der Waals surface area contributed by atoms with Gasteiger partial charge < -0.3 is 25.2 Å². The predicted molar refractivity (Wildman–Crippen MR) is 272 cm³/mol. The van der Waals surface area contributed by atoms with Crippen LogP contribution in [0.4, 0.5) is 0 Å². The van der Waals surface area contributed by atoms with Gasteiger partial charge in [-0.15, -0.1) is 0 Å². The third kappa shape index (κ3) is 18.0. The number of hydrogen-bond donors (Lipinski definition) is 4. The Bertz CT molecular complexity index is 2210. The van der Waals surface area contributed by atoms with Crippen molar-refractivity contribution < 1.29 is 34.8 Å². The van der Waals surface area contributed by atoms with Gasteiger partial charge in [0.25, 0.3) is 0 Å². The van der Waals surface area contributed by atoms with Gasteiger partial charge in [-0.1, -0.05) is 78.3 Å². The summed E-state index contributed by atoms with van der Waals surface area (Å²) >= 11 is 0. The van der Waals surface area contributed by atoms with Crippen LogP contribution in [0.5, 0.6) is 23.0 Å². The smallest absolute Gasteiger partial charge is 0.330 e. The topological polar surface area (TPSA) is 137 Å². The van der Waals surface area contributed by atoms with Crippen LogP contribution in [0, 0.1) is 0 Å². The van der Waals surface area contributed by atoms with Crippen molar-refractivity contribution in [1.82, 2.24) is 0 Å². The van der Waals surface area contributed by atoms with Crippen molar-refractivity contribution in [3.8, 4) is 23.0 Å². The number of aromatic hydroxyl groups is 4. The monoisotopic (exact) mass is 910 g/mol. The van der Waals surface area contributed by atoms with Crippen LogP contribution in [0.3, 0.4) is 0 Å². The van der Waals surface area contributed by atoms with Crippen molar-refractivity contribution in [3.05, 3.63) is 154 Å². The van der Waals surface area contributed by atoms with Crippen LogP contribution in [0.1, 0.15) is 176 Å². The number of rotatable bonds is 8. The molecule has 4 aliphatic rings. The molecule has 0 heterocycles. The Hall–Kier alpha value is -5.89. The molecule has 4 N–H and O–H groups in total. The summed E-state index contributed by atoms with van der Waals surface area (Å²) in [5.41, 5.74) is 10.8. The summed E-state index contributed by atoms with van der Waals surface area (Å²) in [6, 6.07) is 30.3. The van der Waals surface area contributed by atoms with Gasteiger partial charge in [0.15, 0.2) is 5.78 Å². The molecular weight excluding hydrogens is 835 g/mol. The Morgan fingerprint density at radius 2 is 0.791 bits per heavy atom. The maximum absolute atomic E-state index is 11.4. The third-order valence-electron chi connectivity index (χ3n) is 13.7. The highest BCUT2D eigenvalue weighted by atomic mass is 16.5. The molecule has 0 spiro atoms. The van der Waals surface area contributed by atoms with Gasteiger partial charge >= 0.3 is 5.97 Å². The minimum atomic E-state index is -0.222.